The van der Waals surface area contributed by atoms with Gasteiger partial charge in [0.15, 0.2) is 5.65 Å². The van der Waals surface area contributed by atoms with Gasteiger partial charge in [-0.25, -0.2) is 4.52 Å². The summed E-state index contributed by atoms with van der Waals surface area (Å²) >= 11 is 5.88. The highest BCUT2D eigenvalue weighted by molar-refractivity contribution is 6.30. The zero-order chi connectivity index (χ0) is 11.8. The summed E-state index contributed by atoms with van der Waals surface area (Å²) in [7, 11) is 1.74. The van der Waals surface area contributed by atoms with E-state index in [1.807, 2.05) is 6.07 Å². The zero-order valence-electron chi connectivity index (χ0n) is 9.43. The summed E-state index contributed by atoms with van der Waals surface area (Å²) in [5.41, 5.74) is 0.791. The minimum Gasteiger partial charge on any atom is -0.381 e. The highest BCUT2D eigenvalue weighted by atomic mass is 35.5. The Hall–Kier alpha value is -1.33. The molecule has 1 fully saturated rings. The number of aromatic nitrogens is 3. The third-order valence-electron chi connectivity index (χ3n) is 3.06. The molecule has 0 radical (unpaired) electrons. The first-order valence-electron chi connectivity index (χ1n) is 5.56. The number of ether oxygens (including phenoxy) is 1. The van der Waals surface area contributed by atoms with Crippen LogP contribution in [0.1, 0.15) is 12.8 Å². The number of anilines is 1. The van der Waals surface area contributed by atoms with Gasteiger partial charge in [0.2, 0.25) is 5.95 Å². The predicted molar refractivity (Wildman–Crippen MR) is 65.4 cm³/mol. The first kappa shape index (κ1) is 10.8. The van der Waals surface area contributed by atoms with E-state index in [4.69, 9.17) is 16.3 Å². The number of methoxy groups -OCH3 is 1. The fraction of sp³-hybridized carbons (Fsp3) is 0.455. The largest absolute Gasteiger partial charge is 0.381 e. The van der Waals surface area contributed by atoms with E-state index >= 15 is 0 Å². The molecule has 5 nitrogen and oxygen atoms in total. The highest BCUT2D eigenvalue weighted by Gasteiger charge is 2.29. The summed E-state index contributed by atoms with van der Waals surface area (Å²) < 4.78 is 6.90. The minimum atomic E-state index is 0.374. The Morgan fingerprint density at radius 3 is 3.06 bits per heavy atom. The van der Waals surface area contributed by atoms with E-state index in [2.05, 4.69) is 15.4 Å². The van der Waals surface area contributed by atoms with Crippen molar-refractivity contribution >= 4 is 23.2 Å². The van der Waals surface area contributed by atoms with Crippen molar-refractivity contribution in [2.75, 3.05) is 12.4 Å². The lowest BCUT2D eigenvalue weighted by molar-refractivity contribution is 0.0327. The zero-order valence-corrected chi connectivity index (χ0v) is 10.2. The molecule has 0 bridgehead atoms. The molecular formula is C11H13ClN4O. The van der Waals surface area contributed by atoms with Gasteiger partial charge in [0.05, 0.1) is 11.1 Å². The second kappa shape index (κ2) is 4.16. The van der Waals surface area contributed by atoms with E-state index in [1.54, 1.807) is 23.9 Å². The molecule has 0 aromatic carbocycles. The molecule has 0 spiro atoms. The molecule has 0 aliphatic heterocycles. The molecule has 0 saturated heterocycles. The van der Waals surface area contributed by atoms with Gasteiger partial charge in [0.1, 0.15) is 0 Å². The summed E-state index contributed by atoms with van der Waals surface area (Å²) in [5, 5.41) is 8.25. The number of hydrogen-bond donors (Lipinski definition) is 1. The second-order valence-electron chi connectivity index (χ2n) is 4.26. The van der Waals surface area contributed by atoms with Crippen molar-refractivity contribution in [1.29, 1.82) is 0 Å². The van der Waals surface area contributed by atoms with Gasteiger partial charge in [-0.15, -0.1) is 5.10 Å². The highest BCUT2D eigenvalue weighted by Crippen LogP contribution is 2.25. The lowest BCUT2D eigenvalue weighted by Crippen LogP contribution is -2.40. The maximum atomic E-state index is 5.88. The van der Waals surface area contributed by atoms with E-state index in [1.165, 1.54) is 0 Å². The Labute approximate surface area is 104 Å². The Bertz CT molecular complexity index is 535. The maximum Gasteiger partial charge on any atom is 0.243 e. The summed E-state index contributed by atoms with van der Waals surface area (Å²) in [6.45, 7) is 0. The van der Waals surface area contributed by atoms with Crippen LogP contribution in [0, 0.1) is 0 Å². The molecule has 2 aromatic heterocycles. The third kappa shape index (κ3) is 2.08. The van der Waals surface area contributed by atoms with Crippen molar-refractivity contribution in [1.82, 2.24) is 14.6 Å². The third-order valence-corrected chi connectivity index (χ3v) is 3.28. The van der Waals surface area contributed by atoms with Gasteiger partial charge in [0, 0.05) is 19.3 Å². The summed E-state index contributed by atoms with van der Waals surface area (Å²) in [5.74, 6) is 0.645. The van der Waals surface area contributed by atoms with Gasteiger partial charge in [-0.1, -0.05) is 11.6 Å². The van der Waals surface area contributed by atoms with Gasteiger partial charge >= 0.3 is 0 Å². The molecule has 1 saturated carbocycles. The summed E-state index contributed by atoms with van der Waals surface area (Å²) in [6.07, 6.45) is 4.13. The molecule has 6 heteroatoms. The second-order valence-corrected chi connectivity index (χ2v) is 4.69. The Kier molecular flexibility index (Phi) is 2.64. The van der Waals surface area contributed by atoms with Crippen LogP contribution in [0.15, 0.2) is 18.3 Å². The fourth-order valence-corrected chi connectivity index (χ4v) is 2.13. The lowest BCUT2D eigenvalue weighted by Gasteiger charge is -2.34. The van der Waals surface area contributed by atoms with Crippen molar-refractivity contribution < 1.29 is 4.74 Å². The quantitative estimate of drug-likeness (QED) is 0.908. The average Bonchev–Trinajstić information content (AvgIpc) is 2.64. The number of rotatable bonds is 3. The molecule has 0 unspecified atom stereocenters. The molecule has 3 rings (SSSR count). The number of nitrogens with zero attached hydrogens (tertiary/aromatic N) is 3. The average molecular weight is 253 g/mol. The number of fused-ring (bicyclic) bond motifs is 1. The van der Waals surface area contributed by atoms with Gasteiger partial charge in [-0.05, 0) is 25.0 Å². The Balaban J connectivity index is 1.73. The predicted octanol–water partition coefficient (Wildman–Crippen LogP) is 1.97. The number of pyridine rings is 1. The molecule has 17 heavy (non-hydrogen) atoms. The Morgan fingerprint density at radius 1 is 1.47 bits per heavy atom. The van der Waals surface area contributed by atoms with Crippen LogP contribution in [0.3, 0.4) is 0 Å². The molecule has 90 valence electrons. The van der Waals surface area contributed by atoms with Crippen LogP contribution >= 0.6 is 11.6 Å². The molecular weight excluding hydrogens is 240 g/mol. The van der Waals surface area contributed by atoms with Crippen LogP contribution < -0.4 is 5.32 Å². The smallest absolute Gasteiger partial charge is 0.243 e. The monoisotopic (exact) mass is 252 g/mol. The lowest BCUT2D eigenvalue weighted by atomic mass is 9.89. The van der Waals surface area contributed by atoms with E-state index in [-0.39, 0.29) is 0 Å². The molecule has 2 heterocycles. The van der Waals surface area contributed by atoms with E-state index < -0.39 is 0 Å². The number of nitrogens with one attached hydrogen (secondary N) is 1. The van der Waals surface area contributed by atoms with Gasteiger partial charge in [0.25, 0.3) is 0 Å². The normalized spacial score (nSPS) is 23.6. The van der Waals surface area contributed by atoms with Gasteiger partial charge in [-0.3, -0.25) is 0 Å². The van der Waals surface area contributed by atoms with Crippen molar-refractivity contribution in [3.05, 3.63) is 23.4 Å². The fourth-order valence-electron chi connectivity index (χ4n) is 1.98. The maximum absolute atomic E-state index is 5.88. The van der Waals surface area contributed by atoms with Gasteiger partial charge < -0.3 is 10.1 Å². The van der Waals surface area contributed by atoms with Crippen molar-refractivity contribution in [2.45, 2.75) is 25.0 Å². The van der Waals surface area contributed by atoms with Gasteiger partial charge in [-0.2, -0.15) is 4.98 Å². The molecule has 1 aliphatic rings. The van der Waals surface area contributed by atoms with Crippen LogP contribution in [0.25, 0.3) is 5.65 Å². The summed E-state index contributed by atoms with van der Waals surface area (Å²) in [6, 6.07) is 4.06. The van der Waals surface area contributed by atoms with Crippen LogP contribution in [0.5, 0.6) is 0 Å². The van der Waals surface area contributed by atoms with Crippen LogP contribution in [-0.2, 0) is 4.74 Å². The van der Waals surface area contributed by atoms with Crippen molar-refractivity contribution in [3.8, 4) is 0 Å². The number of hydrogen-bond acceptors (Lipinski definition) is 4. The topological polar surface area (TPSA) is 51.5 Å². The molecule has 0 atom stereocenters. The SMILES string of the molecule is COC1CC(Nc2nc3ccc(Cl)cn3n2)C1. The molecule has 0 amide bonds. The minimum absolute atomic E-state index is 0.374. The number of halogens is 1. The van der Waals surface area contributed by atoms with Crippen LogP contribution in [0.2, 0.25) is 5.02 Å². The van der Waals surface area contributed by atoms with Crippen molar-refractivity contribution in [3.63, 3.8) is 0 Å². The van der Waals surface area contributed by atoms with E-state index in [0.29, 0.717) is 23.1 Å². The van der Waals surface area contributed by atoms with E-state index in [9.17, 15) is 0 Å². The summed E-state index contributed by atoms with van der Waals surface area (Å²) in [4.78, 5) is 4.37. The molecule has 1 aliphatic carbocycles. The molecule has 1 N–H and O–H groups in total. The molecule has 2 aromatic rings. The van der Waals surface area contributed by atoms with Crippen LogP contribution in [-0.4, -0.2) is 33.9 Å². The van der Waals surface area contributed by atoms with Crippen LogP contribution in [0.4, 0.5) is 5.95 Å². The van der Waals surface area contributed by atoms with Crippen molar-refractivity contribution in [2.24, 2.45) is 0 Å². The first-order valence-corrected chi connectivity index (χ1v) is 5.93. The van der Waals surface area contributed by atoms with E-state index in [0.717, 1.165) is 18.5 Å². The first-order chi connectivity index (χ1) is 8.24. The Morgan fingerprint density at radius 2 is 2.29 bits per heavy atom. The standard InChI is InChI=1S/C11H13ClN4O/c1-17-9-4-8(5-9)13-11-14-10-3-2-7(12)6-16(10)15-11/h2-3,6,8-9H,4-5H2,1H3,(H,13,15).